The molecule has 1 aliphatic carbocycles. The van der Waals surface area contributed by atoms with E-state index in [1.54, 1.807) is 0 Å². The molecule has 2 aromatic carbocycles. The molecule has 2 aromatic rings. The van der Waals surface area contributed by atoms with Crippen molar-refractivity contribution in [3.8, 4) is 0 Å². The van der Waals surface area contributed by atoms with Crippen LogP contribution in [0.1, 0.15) is 29.2 Å². The van der Waals surface area contributed by atoms with E-state index in [1.165, 1.54) is 0 Å². The molecule has 4 nitrogen and oxygen atoms in total. The largest absolute Gasteiger partial charge is 0.445 e. The van der Waals surface area contributed by atoms with Crippen molar-refractivity contribution in [2.75, 3.05) is 0 Å². The van der Waals surface area contributed by atoms with Crippen LogP contribution in [0.4, 0.5) is 4.79 Å². The number of fused-ring (bicyclic) bond motifs is 1. The van der Waals surface area contributed by atoms with Crippen LogP contribution in [0.25, 0.3) is 0 Å². The van der Waals surface area contributed by atoms with Crippen molar-refractivity contribution in [3.63, 3.8) is 0 Å². The summed E-state index contributed by atoms with van der Waals surface area (Å²) >= 11 is 3.44. The highest BCUT2D eigenvalue weighted by atomic mass is 79.9. The molecular weight excluding hydrogens is 358 g/mol. The minimum Gasteiger partial charge on any atom is -0.445 e. The van der Waals surface area contributed by atoms with Crippen molar-refractivity contribution in [1.29, 1.82) is 0 Å². The lowest BCUT2D eigenvalue weighted by Gasteiger charge is -2.30. The highest BCUT2D eigenvalue weighted by molar-refractivity contribution is 9.10. The van der Waals surface area contributed by atoms with E-state index in [1.807, 2.05) is 48.5 Å². The van der Waals surface area contributed by atoms with Crippen molar-refractivity contribution < 1.29 is 14.6 Å². The van der Waals surface area contributed by atoms with E-state index in [2.05, 4.69) is 21.2 Å². The van der Waals surface area contributed by atoms with Crippen LogP contribution in [0.2, 0.25) is 0 Å². The van der Waals surface area contributed by atoms with E-state index in [0.717, 1.165) is 27.6 Å². The van der Waals surface area contributed by atoms with Gasteiger partial charge in [-0.1, -0.05) is 52.3 Å². The van der Waals surface area contributed by atoms with Gasteiger partial charge in [-0.25, -0.2) is 4.79 Å². The molecule has 5 heteroatoms. The standard InChI is InChI=1S/C18H18BrNO3/c19-14-7-8-15-13(10-14)6-9-16(17(15)21)20-18(22)23-11-12-4-2-1-3-5-12/h1-5,7-8,10,16-17,21H,6,9,11H2,(H,20,22)/t16-,17-/m1/s1. The van der Waals surface area contributed by atoms with Gasteiger partial charge in [0.2, 0.25) is 0 Å². The van der Waals surface area contributed by atoms with E-state index < -0.39 is 12.2 Å². The molecule has 0 bridgehead atoms. The van der Waals surface area contributed by atoms with Crippen molar-refractivity contribution in [2.45, 2.75) is 31.6 Å². The number of halogens is 1. The van der Waals surface area contributed by atoms with Crippen LogP contribution in [0, 0.1) is 0 Å². The van der Waals surface area contributed by atoms with Gasteiger partial charge >= 0.3 is 6.09 Å². The summed E-state index contributed by atoms with van der Waals surface area (Å²) in [5.41, 5.74) is 2.91. The molecule has 0 saturated heterocycles. The predicted octanol–water partition coefficient (Wildman–Crippen LogP) is 3.72. The average Bonchev–Trinajstić information content (AvgIpc) is 2.56. The molecule has 0 unspecified atom stereocenters. The number of ether oxygens (including phenoxy) is 1. The Bertz CT molecular complexity index is 690. The van der Waals surface area contributed by atoms with Crippen LogP contribution >= 0.6 is 15.9 Å². The first-order valence-electron chi connectivity index (χ1n) is 7.57. The summed E-state index contributed by atoms with van der Waals surface area (Å²) in [5.74, 6) is 0. The predicted molar refractivity (Wildman–Crippen MR) is 91.0 cm³/mol. The number of hydrogen-bond donors (Lipinski definition) is 2. The summed E-state index contributed by atoms with van der Waals surface area (Å²) in [6.45, 7) is 0.221. The molecule has 0 aromatic heterocycles. The van der Waals surface area contributed by atoms with Crippen LogP contribution < -0.4 is 5.32 Å². The number of aryl methyl sites for hydroxylation is 1. The van der Waals surface area contributed by atoms with E-state index in [0.29, 0.717) is 6.42 Å². The Morgan fingerprint density at radius 2 is 2.04 bits per heavy atom. The lowest BCUT2D eigenvalue weighted by molar-refractivity contribution is 0.0937. The van der Waals surface area contributed by atoms with Gasteiger partial charge in [-0.05, 0) is 41.7 Å². The Balaban J connectivity index is 1.58. The molecule has 2 N–H and O–H groups in total. The maximum absolute atomic E-state index is 11.9. The summed E-state index contributed by atoms with van der Waals surface area (Å²) in [6.07, 6.45) is 0.287. The summed E-state index contributed by atoms with van der Waals surface area (Å²) < 4.78 is 6.21. The van der Waals surface area contributed by atoms with Crippen LogP contribution in [0.5, 0.6) is 0 Å². The molecule has 0 radical (unpaired) electrons. The average molecular weight is 376 g/mol. The second kappa shape index (κ2) is 7.15. The summed E-state index contributed by atoms with van der Waals surface area (Å²) in [5, 5.41) is 13.2. The van der Waals surface area contributed by atoms with E-state index in [4.69, 9.17) is 4.74 Å². The van der Waals surface area contributed by atoms with Gasteiger partial charge in [0.05, 0.1) is 12.1 Å². The monoisotopic (exact) mass is 375 g/mol. The molecule has 3 rings (SSSR count). The molecule has 0 saturated carbocycles. The van der Waals surface area contributed by atoms with Gasteiger partial charge < -0.3 is 15.2 Å². The lowest BCUT2D eigenvalue weighted by atomic mass is 9.86. The van der Waals surface area contributed by atoms with Crippen LogP contribution in [0.15, 0.2) is 53.0 Å². The summed E-state index contributed by atoms with van der Waals surface area (Å²) in [6, 6.07) is 15.0. The number of alkyl carbamates (subject to hydrolysis) is 1. The van der Waals surface area contributed by atoms with Crippen molar-refractivity contribution in [1.82, 2.24) is 5.32 Å². The minimum absolute atomic E-state index is 0.221. The number of aliphatic hydroxyl groups excluding tert-OH is 1. The number of carbonyl (C=O) groups excluding carboxylic acids is 1. The van der Waals surface area contributed by atoms with Crippen molar-refractivity contribution in [3.05, 3.63) is 69.7 Å². The SMILES string of the molecule is O=C(N[C@@H]1CCc2cc(Br)ccc2[C@H]1O)OCc1ccccc1. The second-order valence-corrected chi connectivity index (χ2v) is 6.55. The zero-order valence-electron chi connectivity index (χ0n) is 12.5. The molecular formula is C18H18BrNO3. The number of amides is 1. The van der Waals surface area contributed by atoms with Gasteiger partial charge in [0, 0.05) is 4.47 Å². The Morgan fingerprint density at radius 3 is 2.83 bits per heavy atom. The summed E-state index contributed by atoms with van der Waals surface area (Å²) in [7, 11) is 0. The normalized spacial score (nSPS) is 19.7. The molecule has 0 heterocycles. The number of aliphatic hydroxyl groups is 1. The van der Waals surface area contributed by atoms with Crippen molar-refractivity contribution >= 4 is 22.0 Å². The molecule has 2 atom stereocenters. The Morgan fingerprint density at radius 1 is 1.26 bits per heavy atom. The summed E-state index contributed by atoms with van der Waals surface area (Å²) in [4.78, 5) is 11.9. The Labute approximate surface area is 143 Å². The fourth-order valence-electron chi connectivity index (χ4n) is 2.83. The van der Waals surface area contributed by atoms with E-state index in [-0.39, 0.29) is 12.6 Å². The first-order valence-corrected chi connectivity index (χ1v) is 8.36. The van der Waals surface area contributed by atoms with E-state index >= 15 is 0 Å². The smallest absolute Gasteiger partial charge is 0.407 e. The third-order valence-electron chi connectivity index (χ3n) is 4.05. The van der Waals surface area contributed by atoms with Crippen LogP contribution in [-0.2, 0) is 17.8 Å². The maximum atomic E-state index is 11.9. The van der Waals surface area contributed by atoms with Gasteiger partial charge in [-0.15, -0.1) is 0 Å². The van der Waals surface area contributed by atoms with Crippen molar-refractivity contribution in [2.24, 2.45) is 0 Å². The number of hydrogen-bond acceptors (Lipinski definition) is 3. The Hall–Kier alpha value is -1.85. The topological polar surface area (TPSA) is 58.6 Å². The molecule has 0 fully saturated rings. The zero-order valence-corrected chi connectivity index (χ0v) is 14.1. The van der Waals surface area contributed by atoms with Gasteiger partial charge in [0.1, 0.15) is 6.61 Å². The first kappa shape index (κ1) is 16.0. The third-order valence-corrected chi connectivity index (χ3v) is 4.54. The van der Waals surface area contributed by atoms with Crippen LogP contribution in [-0.4, -0.2) is 17.2 Å². The molecule has 23 heavy (non-hydrogen) atoms. The fourth-order valence-corrected chi connectivity index (χ4v) is 3.24. The highest BCUT2D eigenvalue weighted by Crippen LogP contribution is 2.31. The van der Waals surface area contributed by atoms with Crippen LogP contribution in [0.3, 0.4) is 0 Å². The minimum atomic E-state index is -0.712. The quantitative estimate of drug-likeness (QED) is 0.859. The maximum Gasteiger partial charge on any atom is 0.407 e. The second-order valence-electron chi connectivity index (χ2n) is 5.64. The number of carbonyl (C=O) groups is 1. The number of rotatable bonds is 3. The van der Waals surface area contributed by atoms with Gasteiger partial charge in [-0.3, -0.25) is 0 Å². The number of nitrogens with one attached hydrogen (secondary N) is 1. The lowest BCUT2D eigenvalue weighted by Crippen LogP contribution is -2.42. The fraction of sp³-hybridized carbons (Fsp3) is 0.278. The van der Waals surface area contributed by atoms with Gasteiger partial charge in [0.15, 0.2) is 0 Å². The molecule has 0 aliphatic heterocycles. The zero-order chi connectivity index (χ0) is 16.2. The molecule has 1 aliphatic rings. The van der Waals surface area contributed by atoms with Gasteiger partial charge in [0.25, 0.3) is 0 Å². The first-order chi connectivity index (χ1) is 11.1. The molecule has 1 amide bonds. The highest BCUT2D eigenvalue weighted by Gasteiger charge is 2.29. The third kappa shape index (κ3) is 3.92. The molecule has 120 valence electrons. The number of benzene rings is 2. The molecule has 0 spiro atoms. The van der Waals surface area contributed by atoms with E-state index in [9.17, 15) is 9.90 Å². The Kier molecular flexibility index (Phi) is 4.98. The van der Waals surface area contributed by atoms with Gasteiger partial charge in [-0.2, -0.15) is 0 Å².